The number of aliphatic hydroxyl groups is 1. The number of carbonyl (C=O) groups excluding carboxylic acids is 1. The van der Waals surface area contributed by atoms with Crippen LogP contribution in [0.25, 0.3) is 0 Å². The van der Waals surface area contributed by atoms with Crippen molar-refractivity contribution in [2.24, 2.45) is 11.8 Å². The minimum absolute atomic E-state index is 0.194. The number of nitrogens with zero attached hydrogens (tertiary/aromatic N) is 3. The highest BCUT2D eigenvalue weighted by atomic mass is 16.3. The van der Waals surface area contributed by atoms with Crippen LogP contribution < -0.4 is 10.2 Å². The van der Waals surface area contributed by atoms with Crippen molar-refractivity contribution in [2.45, 2.75) is 50.8 Å². The molecule has 6 heteroatoms. The lowest BCUT2D eigenvalue weighted by molar-refractivity contribution is -0.140. The minimum atomic E-state index is -0.563. The first-order chi connectivity index (χ1) is 14.0. The summed E-state index contributed by atoms with van der Waals surface area (Å²) in [7, 11) is 4.30. The number of hydrogen-bond acceptors (Lipinski definition) is 5. The van der Waals surface area contributed by atoms with Gasteiger partial charge in [0.1, 0.15) is 6.23 Å². The number of likely N-dealkylation sites (N-methyl/N-ethyl adjacent to an activating group) is 1. The molecule has 0 spiro atoms. The molecular weight excluding hydrogens is 364 g/mol. The van der Waals surface area contributed by atoms with Crippen molar-refractivity contribution in [2.75, 3.05) is 50.5 Å². The fourth-order valence-electron chi connectivity index (χ4n) is 4.80. The number of carbonyl (C=O) groups is 1. The van der Waals surface area contributed by atoms with Crippen molar-refractivity contribution in [3.63, 3.8) is 0 Å². The molecule has 1 aliphatic carbocycles. The average molecular weight is 401 g/mol. The zero-order valence-electron chi connectivity index (χ0n) is 17.9. The summed E-state index contributed by atoms with van der Waals surface area (Å²) < 4.78 is 0. The summed E-state index contributed by atoms with van der Waals surface area (Å²) in [6.07, 6.45) is 5.69. The van der Waals surface area contributed by atoms with Gasteiger partial charge in [0.15, 0.2) is 0 Å². The molecule has 6 nitrogen and oxygen atoms in total. The zero-order valence-corrected chi connectivity index (χ0v) is 17.9. The smallest absolute Gasteiger partial charge is 0.225 e. The molecule has 2 saturated heterocycles. The van der Waals surface area contributed by atoms with Gasteiger partial charge in [-0.2, -0.15) is 0 Å². The van der Waals surface area contributed by atoms with Gasteiger partial charge < -0.3 is 25.1 Å². The van der Waals surface area contributed by atoms with E-state index in [1.54, 1.807) is 0 Å². The third kappa shape index (κ3) is 4.69. The van der Waals surface area contributed by atoms with Crippen LogP contribution in [-0.2, 0) is 4.79 Å². The predicted molar refractivity (Wildman–Crippen MR) is 117 cm³/mol. The molecule has 2 unspecified atom stereocenters. The number of piperidine rings is 1. The molecule has 2 heterocycles. The number of benzene rings is 1. The van der Waals surface area contributed by atoms with Crippen molar-refractivity contribution in [1.82, 2.24) is 9.80 Å². The predicted octanol–water partition coefficient (Wildman–Crippen LogP) is 2.60. The molecule has 1 saturated carbocycles. The molecule has 3 aliphatic rings. The van der Waals surface area contributed by atoms with Gasteiger partial charge in [-0.15, -0.1) is 0 Å². The average Bonchev–Trinajstić information content (AvgIpc) is 3.18. The van der Waals surface area contributed by atoms with Gasteiger partial charge in [-0.3, -0.25) is 4.79 Å². The van der Waals surface area contributed by atoms with E-state index < -0.39 is 6.23 Å². The van der Waals surface area contributed by atoms with Gasteiger partial charge in [0.25, 0.3) is 0 Å². The van der Waals surface area contributed by atoms with Gasteiger partial charge >= 0.3 is 0 Å². The number of amides is 1. The maximum Gasteiger partial charge on any atom is 0.225 e. The summed E-state index contributed by atoms with van der Waals surface area (Å²) in [6, 6.07) is 9.05. The van der Waals surface area contributed by atoms with E-state index in [0.717, 1.165) is 57.5 Å². The van der Waals surface area contributed by atoms with E-state index in [4.69, 9.17) is 0 Å². The standard InChI is InChI=1S/C23H36N4O2/c1-25(2)21-12-15-27(16-21)20-8-6-19(7-9-20)24-22(28)17-10-13-26(14-11-17)23(29)18-4-3-5-18/h6-9,17-18,21-22,24,28H,3-5,10-16H2,1-2H3. The van der Waals surface area contributed by atoms with Crippen molar-refractivity contribution in [1.29, 1.82) is 0 Å². The molecule has 2 N–H and O–H groups in total. The normalized spacial score (nSPS) is 24.6. The molecule has 3 fully saturated rings. The number of hydrogen-bond donors (Lipinski definition) is 2. The van der Waals surface area contributed by atoms with Crippen LogP contribution in [0.3, 0.4) is 0 Å². The number of aliphatic hydroxyl groups excluding tert-OH is 1. The molecule has 0 bridgehead atoms. The summed E-state index contributed by atoms with van der Waals surface area (Å²) in [5.74, 6) is 0.808. The molecule has 0 radical (unpaired) electrons. The molecule has 1 amide bonds. The molecule has 160 valence electrons. The molecule has 4 rings (SSSR count). The Kier molecular flexibility index (Phi) is 6.30. The summed E-state index contributed by atoms with van der Waals surface area (Å²) in [5.41, 5.74) is 2.20. The lowest BCUT2D eigenvalue weighted by Crippen LogP contribution is -2.46. The molecule has 2 aliphatic heterocycles. The van der Waals surface area contributed by atoms with Crippen LogP contribution in [-0.4, -0.2) is 73.4 Å². The highest BCUT2D eigenvalue weighted by molar-refractivity contribution is 5.79. The second-order valence-electron chi connectivity index (χ2n) is 9.28. The van der Waals surface area contributed by atoms with E-state index in [2.05, 4.69) is 53.5 Å². The first-order valence-corrected chi connectivity index (χ1v) is 11.3. The van der Waals surface area contributed by atoms with Crippen LogP contribution in [0, 0.1) is 11.8 Å². The maximum absolute atomic E-state index is 12.4. The van der Waals surface area contributed by atoms with Gasteiger partial charge in [-0.25, -0.2) is 0 Å². The lowest BCUT2D eigenvalue weighted by atomic mass is 9.83. The van der Waals surface area contributed by atoms with Crippen molar-refractivity contribution in [3.05, 3.63) is 24.3 Å². The topological polar surface area (TPSA) is 59.0 Å². The minimum Gasteiger partial charge on any atom is -0.374 e. The van der Waals surface area contributed by atoms with E-state index in [9.17, 15) is 9.90 Å². The van der Waals surface area contributed by atoms with Crippen molar-refractivity contribution < 1.29 is 9.90 Å². The molecule has 1 aromatic rings. The molecule has 1 aromatic carbocycles. The quantitative estimate of drug-likeness (QED) is 0.719. The number of rotatable bonds is 6. The summed E-state index contributed by atoms with van der Waals surface area (Å²) in [4.78, 5) is 19.1. The van der Waals surface area contributed by atoms with E-state index in [0.29, 0.717) is 11.9 Å². The third-order valence-electron chi connectivity index (χ3n) is 7.19. The summed E-state index contributed by atoms with van der Waals surface area (Å²) >= 11 is 0. The fourth-order valence-corrected chi connectivity index (χ4v) is 4.80. The largest absolute Gasteiger partial charge is 0.374 e. The number of nitrogens with one attached hydrogen (secondary N) is 1. The maximum atomic E-state index is 12.4. The Bertz CT molecular complexity index is 681. The SMILES string of the molecule is CN(C)C1CCN(c2ccc(NC(O)C3CCN(C(=O)C4CCC4)CC3)cc2)C1. The fraction of sp³-hybridized carbons (Fsp3) is 0.696. The second kappa shape index (κ2) is 8.92. The number of likely N-dealkylation sites (tertiary alicyclic amines) is 1. The van der Waals surface area contributed by atoms with E-state index in [1.165, 1.54) is 18.5 Å². The van der Waals surface area contributed by atoms with E-state index in [-0.39, 0.29) is 11.8 Å². The van der Waals surface area contributed by atoms with Gasteiger partial charge in [0, 0.05) is 55.4 Å². The Hall–Kier alpha value is -1.79. The van der Waals surface area contributed by atoms with Gasteiger partial charge in [0.05, 0.1) is 0 Å². The Labute approximate surface area is 174 Å². The third-order valence-corrected chi connectivity index (χ3v) is 7.19. The van der Waals surface area contributed by atoms with Crippen LogP contribution in [0.4, 0.5) is 11.4 Å². The van der Waals surface area contributed by atoms with Gasteiger partial charge in [0.2, 0.25) is 5.91 Å². The Morgan fingerprint density at radius 1 is 1.07 bits per heavy atom. The Morgan fingerprint density at radius 2 is 1.76 bits per heavy atom. The van der Waals surface area contributed by atoms with E-state index in [1.807, 2.05) is 4.90 Å². The first-order valence-electron chi connectivity index (χ1n) is 11.3. The molecule has 29 heavy (non-hydrogen) atoms. The van der Waals surface area contributed by atoms with Crippen LogP contribution in [0.1, 0.15) is 38.5 Å². The lowest BCUT2D eigenvalue weighted by Gasteiger charge is -2.38. The second-order valence-corrected chi connectivity index (χ2v) is 9.28. The summed E-state index contributed by atoms with van der Waals surface area (Å²) in [5, 5.41) is 13.9. The Morgan fingerprint density at radius 3 is 2.31 bits per heavy atom. The molecule has 2 atom stereocenters. The van der Waals surface area contributed by atoms with E-state index >= 15 is 0 Å². The zero-order chi connectivity index (χ0) is 20.4. The Balaban J connectivity index is 1.25. The molecule has 0 aromatic heterocycles. The van der Waals surface area contributed by atoms with Crippen molar-refractivity contribution >= 4 is 17.3 Å². The monoisotopic (exact) mass is 400 g/mol. The highest BCUT2D eigenvalue weighted by Crippen LogP contribution is 2.31. The first kappa shape index (κ1) is 20.5. The molecular formula is C23H36N4O2. The summed E-state index contributed by atoms with van der Waals surface area (Å²) in [6.45, 7) is 3.72. The van der Waals surface area contributed by atoms with Crippen LogP contribution in [0.15, 0.2) is 24.3 Å². The highest BCUT2D eigenvalue weighted by Gasteiger charge is 2.33. The van der Waals surface area contributed by atoms with Crippen molar-refractivity contribution in [3.8, 4) is 0 Å². The van der Waals surface area contributed by atoms with Crippen LogP contribution in [0.2, 0.25) is 0 Å². The number of anilines is 2. The van der Waals surface area contributed by atoms with Crippen LogP contribution in [0.5, 0.6) is 0 Å². The van der Waals surface area contributed by atoms with Gasteiger partial charge in [-0.1, -0.05) is 6.42 Å². The van der Waals surface area contributed by atoms with Gasteiger partial charge in [-0.05, 0) is 70.5 Å². The van der Waals surface area contributed by atoms with Crippen LogP contribution >= 0.6 is 0 Å².